The van der Waals surface area contributed by atoms with E-state index in [0.29, 0.717) is 5.56 Å². The molecular formula is C13H19N3O. The number of likely N-dealkylation sites (N-methyl/N-ethyl adjacent to an activating group) is 1. The van der Waals surface area contributed by atoms with Gasteiger partial charge in [0.05, 0.1) is 0 Å². The Morgan fingerprint density at radius 3 is 2.76 bits per heavy atom. The fourth-order valence-electron chi connectivity index (χ4n) is 2.11. The summed E-state index contributed by atoms with van der Waals surface area (Å²) in [7, 11) is 2.04. The lowest BCUT2D eigenvalue weighted by molar-refractivity contribution is 0.112. The number of rotatable bonds is 5. The van der Waals surface area contributed by atoms with Crippen LogP contribution in [-0.2, 0) is 0 Å². The second-order valence-electron chi connectivity index (χ2n) is 4.54. The van der Waals surface area contributed by atoms with Crippen molar-refractivity contribution < 1.29 is 4.79 Å². The van der Waals surface area contributed by atoms with Gasteiger partial charge < -0.3 is 9.80 Å². The molecule has 1 aliphatic rings. The molecule has 1 saturated heterocycles. The van der Waals surface area contributed by atoms with Gasteiger partial charge in [-0.1, -0.05) is 0 Å². The fraction of sp³-hybridized carbons (Fsp3) is 0.538. The lowest BCUT2D eigenvalue weighted by atomic mass is 10.3. The zero-order valence-electron chi connectivity index (χ0n) is 10.3. The summed E-state index contributed by atoms with van der Waals surface area (Å²) < 4.78 is 0. The Kier molecular flexibility index (Phi) is 4.09. The van der Waals surface area contributed by atoms with Gasteiger partial charge in [0.15, 0.2) is 6.29 Å². The van der Waals surface area contributed by atoms with Crippen LogP contribution in [0.5, 0.6) is 0 Å². The molecule has 0 unspecified atom stereocenters. The van der Waals surface area contributed by atoms with Gasteiger partial charge in [0.25, 0.3) is 0 Å². The average Bonchev–Trinajstić information content (AvgIpc) is 2.89. The van der Waals surface area contributed by atoms with Gasteiger partial charge in [-0.25, -0.2) is 4.98 Å². The van der Waals surface area contributed by atoms with Gasteiger partial charge in [-0.15, -0.1) is 0 Å². The van der Waals surface area contributed by atoms with E-state index in [1.807, 2.05) is 19.2 Å². The Bertz CT molecular complexity index is 357. The number of likely N-dealkylation sites (tertiary alicyclic amines) is 1. The van der Waals surface area contributed by atoms with E-state index in [4.69, 9.17) is 0 Å². The summed E-state index contributed by atoms with van der Waals surface area (Å²) in [6.07, 6.45) is 5.10. The first-order chi connectivity index (χ1) is 8.29. The monoisotopic (exact) mass is 233 g/mol. The largest absolute Gasteiger partial charge is 0.358 e. The van der Waals surface area contributed by atoms with E-state index in [0.717, 1.165) is 25.2 Å². The van der Waals surface area contributed by atoms with Gasteiger partial charge in [-0.2, -0.15) is 0 Å². The average molecular weight is 233 g/mol. The number of aldehydes is 1. The standard InChI is InChI=1S/C13H19N3O/c1-15(8-9-16-6-2-3-7-16)13-5-4-12(11-17)10-14-13/h4-5,10-11H,2-3,6-9H2,1H3. The van der Waals surface area contributed by atoms with Crippen molar-refractivity contribution in [2.45, 2.75) is 12.8 Å². The molecule has 0 amide bonds. The van der Waals surface area contributed by atoms with E-state index < -0.39 is 0 Å². The molecule has 1 aromatic heterocycles. The Hall–Kier alpha value is -1.42. The van der Waals surface area contributed by atoms with Gasteiger partial charge in [0, 0.05) is 31.9 Å². The predicted molar refractivity (Wildman–Crippen MR) is 68.6 cm³/mol. The normalized spacial score (nSPS) is 16.1. The third-order valence-corrected chi connectivity index (χ3v) is 3.25. The molecule has 1 aromatic rings. The Balaban J connectivity index is 1.85. The van der Waals surface area contributed by atoms with Gasteiger partial charge >= 0.3 is 0 Å². The van der Waals surface area contributed by atoms with Crippen LogP contribution in [0.3, 0.4) is 0 Å². The molecule has 0 aromatic carbocycles. The first-order valence-corrected chi connectivity index (χ1v) is 6.14. The molecule has 2 heterocycles. The lowest BCUT2D eigenvalue weighted by Crippen LogP contribution is -2.31. The van der Waals surface area contributed by atoms with Crippen LogP contribution >= 0.6 is 0 Å². The van der Waals surface area contributed by atoms with Gasteiger partial charge in [-0.3, -0.25) is 4.79 Å². The van der Waals surface area contributed by atoms with Crippen LogP contribution in [0, 0.1) is 0 Å². The maximum absolute atomic E-state index is 10.5. The second-order valence-corrected chi connectivity index (χ2v) is 4.54. The zero-order valence-corrected chi connectivity index (χ0v) is 10.3. The van der Waals surface area contributed by atoms with Gasteiger partial charge in [-0.05, 0) is 38.1 Å². The van der Waals surface area contributed by atoms with Crippen molar-refractivity contribution in [1.82, 2.24) is 9.88 Å². The Morgan fingerprint density at radius 2 is 2.18 bits per heavy atom. The summed E-state index contributed by atoms with van der Waals surface area (Å²) in [5, 5.41) is 0. The quantitative estimate of drug-likeness (QED) is 0.721. The van der Waals surface area contributed by atoms with E-state index in [2.05, 4.69) is 14.8 Å². The van der Waals surface area contributed by atoms with Gasteiger partial charge in [0.1, 0.15) is 5.82 Å². The van der Waals surface area contributed by atoms with Crippen LogP contribution in [0.25, 0.3) is 0 Å². The van der Waals surface area contributed by atoms with Crippen molar-refractivity contribution in [2.24, 2.45) is 0 Å². The molecule has 2 rings (SSSR count). The number of hydrogen-bond donors (Lipinski definition) is 0. The van der Waals surface area contributed by atoms with E-state index in [1.165, 1.54) is 25.9 Å². The first kappa shape index (κ1) is 12.0. The number of carbonyl (C=O) groups excluding carboxylic acids is 1. The molecular weight excluding hydrogens is 214 g/mol. The van der Waals surface area contributed by atoms with E-state index in [-0.39, 0.29) is 0 Å². The molecule has 4 heteroatoms. The highest BCUT2D eigenvalue weighted by Gasteiger charge is 2.12. The summed E-state index contributed by atoms with van der Waals surface area (Å²) in [6, 6.07) is 3.70. The zero-order chi connectivity index (χ0) is 12.1. The number of aromatic nitrogens is 1. The lowest BCUT2D eigenvalue weighted by Gasteiger charge is -2.22. The van der Waals surface area contributed by atoms with Crippen molar-refractivity contribution >= 4 is 12.1 Å². The number of pyridine rings is 1. The molecule has 1 fully saturated rings. The summed E-state index contributed by atoms with van der Waals surface area (Å²) in [5.74, 6) is 0.926. The fourth-order valence-corrected chi connectivity index (χ4v) is 2.11. The maximum atomic E-state index is 10.5. The Labute approximate surface area is 102 Å². The molecule has 0 aliphatic carbocycles. The number of carbonyl (C=O) groups is 1. The highest BCUT2D eigenvalue weighted by Crippen LogP contribution is 2.10. The van der Waals surface area contributed by atoms with Crippen LogP contribution in [0.4, 0.5) is 5.82 Å². The molecule has 0 atom stereocenters. The smallest absolute Gasteiger partial charge is 0.151 e. The molecule has 17 heavy (non-hydrogen) atoms. The van der Waals surface area contributed by atoms with Crippen LogP contribution in [0.15, 0.2) is 18.3 Å². The summed E-state index contributed by atoms with van der Waals surface area (Å²) in [6.45, 7) is 4.53. The summed E-state index contributed by atoms with van der Waals surface area (Å²) in [4.78, 5) is 19.4. The number of anilines is 1. The summed E-state index contributed by atoms with van der Waals surface area (Å²) in [5.41, 5.74) is 0.627. The third-order valence-electron chi connectivity index (χ3n) is 3.25. The molecule has 92 valence electrons. The van der Waals surface area contributed by atoms with E-state index in [1.54, 1.807) is 6.20 Å². The molecule has 0 N–H and O–H groups in total. The SMILES string of the molecule is CN(CCN1CCCC1)c1ccc(C=O)cn1. The molecule has 0 spiro atoms. The Morgan fingerprint density at radius 1 is 1.41 bits per heavy atom. The highest BCUT2D eigenvalue weighted by atomic mass is 16.1. The highest BCUT2D eigenvalue weighted by molar-refractivity contribution is 5.74. The third kappa shape index (κ3) is 3.27. The van der Waals surface area contributed by atoms with Crippen LogP contribution in [0.1, 0.15) is 23.2 Å². The van der Waals surface area contributed by atoms with Crippen LogP contribution < -0.4 is 4.90 Å². The van der Waals surface area contributed by atoms with Crippen molar-refractivity contribution in [1.29, 1.82) is 0 Å². The minimum absolute atomic E-state index is 0.627. The van der Waals surface area contributed by atoms with Crippen molar-refractivity contribution in [3.05, 3.63) is 23.9 Å². The van der Waals surface area contributed by atoms with E-state index in [9.17, 15) is 4.79 Å². The minimum Gasteiger partial charge on any atom is -0.358 e. The first-order valence-electron chi connectivity index (χ1n) is 6.14. The molecule has 1 aliphatic heterocycles. The number of hydrogen-bond acceptors (Lipinski definition) is 4. The van der Waals surface area contributed by atoms with Crippen molar-refractivity contribution in [3.8, 4) is 0 Å². The minimum atomic E-state index is 0.627. The number of nitrogens with zero attached hydrogens (tertiary/aromatic N) is 3. The van der Waals surface area contributed by atoms with Crippen LogP contribution in [0.2, 0.25) is 0 Å². The molecule has 0 saturated carbocycles. The predicted octanol–water partition coefficient (Wildman–Crippen LogP) is 1.43. The molecule has 4 nitrogen and oxygen atoms in total. The summed E-state index contributed by atoms with van der Waals surface area (Å²) >= 11 is 0. The molecule has 0 bridgehead atoms. The van der Waals surface area contributed by atoms with Crippen LogP contribution in [-0.4, -0.2) is 49.4 Å². The topological polar surface area (TPSA) is 36.4 Å². The molecule has 0 radical (unpaired) electrons. The maximum Gasteiger partial charge on any atom is 0.151 e. The van der Waals surface area contributed by atoms with Crippen molar-refractivity contribution in [2.75, 3.05) is 38.1 Å². The second kappa shape index (κ2) is 5.77. The van der Waals surface area contributed by atoms with E-state index >= 15 is 0 Å². The van der Waals surface area contributed by atoms with Crippen molar-refractivity contribution in [3.63, 3.8) is 0 Å². The van der Waals surface area contributed by atoms with Gasteiger partial charge in [0.2, 0.25) is 0 Å².